The molecule has 1 N–H and O–H groups in total. The zero-order chi connectivity index (χ0) is 10.7. The quantitative estimate of drug-likeness (QED) is 0.833. The Hall–Kier alpha value is -1.27. The Kier molecular flexibility index (Phi) is 3.08. The number of aromatic nitrogens is 4. The summed E-state index contributed by atoms with van der Waals surface area (Å²) in [5, 5.41) is 12.2. The van der Waals surface area contributed by atoms with Crippen molar-refractivity contribution in [1.29, 1.82) is 0 Å². The second kappa shape index (κ2) is 4.50. The maximum Gasteiger partial charge on any atom is 0.0964 e. The van der Waals surface area contributed by atoms with E-state index in [1.54, 1.807) is 11.3 Å². The number of hydrogen-bond acceptors (Lipinski definition) is 5. The highest BCUT2D eigenvalue weighted by Gasteiger charge is 2.02. The summed E-state index contributed by atoms with van der Waals surface area (Å²) in [4.78, 5) is 5.40. The lowest BCUT2D eigenvalue weighted by Crippen LogP contribution is -2.05. The van der Waals surface area contributed by atoms with Crippen LogP contribution in [0, 0.1) is 6.92 Å². The van der Waals surface area contributed by atoms with E-state index in [2.05, 4.69) is 20.6 Å². The number of nitrogens with one attached hydrogen (secondary N) is 1. The van der Waals surface area contributed by atoms with Crippen LogP contribution in [0.2, 0.25) is 0 Å². The summed E-state index contributed by atoms with van der Waals surface area (Å²) in [5.41, 5.74) is 0.957. The first-order chi connectivity index (χ1) is 7.28. The van der Waals surface area contributed by atoms with E-state index in [0.717, 1.165) is 23.8 Å². The molecular weight excluding hydrogens is 210 g/mol. The van der Waals surface area contributed by atoms with Crippen LogP contribution >= 0.6 is 11.3 Å². The van der Waals surface area contributed by atoms with E-state index in [-0.39, 0.29) is 0 Å². The summed E-state index contributed by atoms with van der Waals surface area (Å²) in [6, 6.07) is 0. The summed E-state index contributed by atoms with van der Waals surface area (Å²) < 4.78 is 1.83. The predicted octanol–water partition coefficient (Wildman–Crippen LogP) is 0.811. The van der Waals surface area contributed by atoms with Gasteiger partial charge in [-0.25, -0.2) is 9.67 Å². The van der Waals surface area contributed by atoms with Crippen molar-refractivity contribution in [1.82, 2.24) is 25.3 Å². The van der Waals surface area contributed by atoms with E-state index < -0.39 is 0 Å². The van der Waals surface area contributed by atoms with Gasteiger partial charge in [0.2, 0.25) is 0 Å². The first-order valence-electron chi connectivity index (χ1n) is 4.73. The molecule has 0 aliphatic heterocycles. The molecule has 0 radical (unpaired) electrons. The average Bonchev–Trinajstić information content (AvgIpc) is 2.78. The minimum atomic E-state index is 0.752. The number of rotatable bonds is 4. The van der Waals surface area contributed by atoms with Crippen LogP contribution in [0.4, 0.5) is 0 Å². The molecule has 0 aliphatic rings. The van der Waals surface area contributed by atoms with Gasteiger partial charge in [-0.15, -0.1) is 16.4 Å². The fourth-order valence-electron chi connectivity index (χ4n) is 1.32. The molecule has 2 aromatic heterocycles. The van der Waals surface area contributed by atoms with Crippen molar-refractivity contribution in [3.05, 3.63) is 28.0 Å². The molecule has 0 saturated carbocycles. The van der Waals surface area contributed by atoms with Crippen molar-refractivity contribution in [2.45, 2.75) is 20.0 Å². The van der Waals surface area contributed by atoms with Crippen molar-refractivity contribution in [3.63, 3.8) is 0 Å². The van der Waals surface area contributed by atoms with Gasteiger partial charge in [-0.2, -0.15) is 0 Å². The normalized spacial score (nSPS) is 10.8. The third-order valence-corrected chi connectivity index (χ3v) is 2.83. The molecule has 0 aliphatic carbocycles. The second-order valence-corrected chi connectivity index (χ2v) is 4.60. The predicted molar refractivity (Wildman–Crippen MR) is 58.7 cm³/mol. The van der Waals surface area contributed by atoms with Gasteiger partial charge in [0.25, 0.3) is 0 Å². The lowest BCUT2D eigenvalue weighted by atomic mass is 10.5. The Bertz CT molecular complexity index is 433. The van der Waals surface area contributed by atoms with Crippen molar-refractivity contribution in [3.8, 4) is 0 Å². The van der Waals surface area contributed by atoms with Crippen molar-refractivity contribution < 1.29 is 0 Å². The lowest BCUT2D eigenvalue weighted by molar-refractivity contribution is 0.654. The summed E-state index contributed by atoms with van der Waals surface area (Å²) in [6.07, 6.45) is 3.84. The lowest BCUT2D eigenvalue weighted by Gasteiger charge is -1.94. The van der Waals surface area contributed by atoms with E-state index >= 15 is 0 Å². The van der Waals surface area contributed by atoms with Crippen LogP contribution in [-0.4, -0.2) is 27.0 Å². The van der Waals surface area contributed by atoms with Gasteiger partial charge in [0.15, 0.2) is 0 Å². The van der Waals surface area contributed by atoms with Gasteiger partial charge in [-0.05, 0) is 14.0 Å². The highest BCUT2D eigenvalue weighted by atomic mass is 32.1. The highest BCUT2D eigenvalue weighted by Crippen LogP contribution is 2.12. The number of hydrogen-bond donors (Lipinski definition) is 1. The third kappa shape index (κ3) is 2.60. The number of thiazole rings is 1. The van der Waals surface area contributed by atoms with Gasteiger partial charge >= 0.3 is 0 Å². The fourth-order valence-corrected chi connectivity index (χ4v) is 2.10. The molecule has 2 rings (SSSR count). The largest absolute Gasteiger partial charge is 0.314 e. The van der Waals surface area contributed by atoms with Gasteiger partial charge in [0.1, 0.15) is 0 Å². The molecule has 0 unspecified atom stereocenters. The standard InChI is InChI=1S/C9H13N5S/c1-7-11-4-9(15-7)6-14-5-8(3-10-2)12-13-14/h4-5,10H,3,6H2,1-2H3. The molecule has 0 amide bonds. The summed E-state index contributed by atoms with van der Waals surface area (Å²) in [5.74, 6) is 0. The van der Waals surface area contributed by atoms with Gasteiger partial charge in [0, 0.05) is 17.6 Å². The first kappa shape index (κ1) is 10.3. The van der Waals surface area contributed by atoms with Crippen molar-refractivity contribution >= 4 is 11.3 Å². The molecule has 0 bridgehead atoms. The summed E-state index contributed by atoms with van der Waals surface area (Å²) in [6.45, 7) is 3.51. The molecule has 6 heteroatoms. The van der Waals surface area contributed by atoms with Crippen LogP contribution in [0.25, 0.3) is 0 Å². The van der Waals surface area contributed by atoms with Gasteiger partial charge in [-0.1, -0.05) is 5.21 Å². The van der Waals surface area contributed by atoms with Gasteiger partial charge in [0.05, 0.1) is 23.4 Å². The van der Waals surface area contributed by atoms with Gasteiger partial charge < -0.3 is 5.32 Å². The van der Waals surface area contributed by atoms with Crippen LogP contribution in [-0.2, 0) is 13.1 Å². The number of aryl methyl sites for hydroxylation is 1. The van der Waals surface area contributed by atoms with E-state index in [1.165, 1.54) is 4.88 Å². The minimum Gasteiger partial charge on any atom is -0.314 e. The number of nitrogens with zero attached hydrogens (tertiary/aromatic N) is 4. The highest BCUT2D eigenvalue weighted by molar-refractivity contribution is 7.11. The van der Waals surface area contributed by atoms with Crippen molar-refractivity contribution in [2.75, 3.05) is 7.05 Å². The molecule has 15 heavy (non-hydrogen) atoms. The molecular formula is C9H13N5S. The molecule has 2 heterocycles. The molecule has 0 atom stereocenters. The molecule has 0 fully saturated rings. The molecule has 2 aromatic rings. The van der Waals surface area contributed by atoms with Crippen molar-refractivity contribution in [2.24, 2.45) is 0 Å². The third-order valence-electron chi connectivity index (χ3n) is 1.93. The molecule has 0 spiro atoms. The monoisotopic (exact) mass is 223 g/mol. The van der Waals surface area contributed by atoms with Crippen LogP contribution in [0.1, 0.15) is 15.6 Å². The minimum absolute atomic E-state index is 0.752. The molecule has 0 saturated heterocycles. The average molecular weight is 223 g/mol. The van der Waals surface area contributed by atoms with E-state index in [4.69, 9.17) is 0 Å². The Labute approximate surface area is 92.2 Å². The maximum absolute atomic E-state index is 4.20. The SMILES string of the molecule is CNCc1cn(Cc2cnc(C)s2)nn1. The maximum atomic E-state index is 4.20. The topological polar surface area (TPSA) is 55.6 Å². The summed E-state index contributed by atoms with van der Waals surface area (Å²) >= 11 is 1.69. The zero-order valence-electron chi connectivity index (χ0n) is 8.77. The van der Waals surface area contributed by atoms with E-state index in [9.17, 15) is 0 Å². The zero-order valence-corrected chi connectivity index (χ0v) is 9.58. The van der Waals surface area contributed by atoms with E-state index in [0.29, 0.717) is 0 Å². The fraction of sp³-hybridized carbons (Fsp3) is 0.444. The van der Waals surface area contributed by atoms with Gasteiger partial charge in [-0.3, -0.25) is 0 Å². The molecule has 0 aromatic carbocycles. The van der Waals surface area contributed by atoms with E-state index in [1.807, 2.05) is 31.0 Å². The Morgan fingerprint density at radius 1 is 1.53 bits per heavy atom. The second-order valence-electron chi connectivity index (χ2n) is 3.28. The van der Waals surface area contributed by atoms with Crippen LogP contribution < -0.4 is 5.32 Å². The van der Waals surface area contributed by atoms with Crippen LogP contribution in [0.15, 0.2) is 12.4 Å². The molecule has 5 nitrogen and oxygen atoms in total. The Balaban J connectivity index is 2.04. The smallest absolute Gasteiger partial charge is 0.0964 e. The Morgan fingerprint density at radius 3 is 3.07 bits per heavy atom. The first-order valence-corrected chi connectivity index (χ1v) is 5.54. The molecule has 80 valence electrons. The summed E-state index contributed by atoms with van der Waals surface area (Å²) in [7, 11) is 1.89. The van der Waals surface area contributed by atoms with Crippen LogP contribution in [0.5, 0.6) is 0 Å². The van der Waals surface area contributed by atoms with Crippen LogP contribution in [0.3, 0.4) is 0 Å². The Morgan fingerprint density at radius 2 is 2.40 bits per heavy atom.